The van der Waals surface area contributed by atoms with Crippen LogP contribution in [0.4, 0.5) is 5.82 Å². The molecule has 3 rings (SSSR count). The zero-order valence-corrected chi connectivity index (χ0v) is 22.3. The van der Waals surface area contributed by atoms with Gasteiger partial charge in [0.2, 0.25) is 0 Å². The van der Waals surface area contributed by atoms with Gasteiger partial charge in [-0.2, -0.15) is 0 Å². The highest BCUT2D eigenvalue weighted by Gasteiger charge is 2.52. The van der Waals surface area contributed by atoms with Crippen LogP contribution in [-0.2, 0) is 24.2 Å². The topological polar surface area (TPSA) is 126 Å². The third-order valence-corrected chi connectivity index (χ3v) is 10.3. The molecule has 2 aliphatic heterocycles. The van der Waals surface area contributed by atoms with E-state index in [4.69, 9.17) is 4.74 Å². The van der Waals surface area contributed by atoms with Crippen molar-refractivity contribution in [3.63, 3.8) is 0 Å². The van der Waals surface area contributed by atoms with Crippen molar-refractivity contribution in [2.45, 2.75) is 61.5 Å². The summed E-state index contributed by atoms with van der Waals surface area (Å²) in [5.41, 5.74) is 1.51. The fraction of sp³-hybridized carbons (Fsp3) is 0.560. The molecule has 0 atom stereocenters. The maximum Gasteiger partial charge on any atom is 0.265 e. The summed E-state index contributed by atoms with van der Waals surface area (Å²) < 4.78 is 30.2. The molecule has 0 saturated carbocycles. The number of hydrogen-bond acceptors (Lipinski definition) is 9. The lowest BCUT2D eigenvalue weighted by Gasteiger charge is -2.34. The molecule has 0 unspecified atom stereocenters. The number of anilines is 1. The van der Waals surface area contributed by atoms with Gasteiger partial charge in [0, 0.05) is 43.3 Å². The van der Waals surface area contributed by atoms with Gasteiger partial charge in [-0.25, -0.2) is 18.9 Å². The molecule has 2 N–H and O–H groups in total. The Labute approximate surface area is 217 Å². The molecule has 1 aromatic heterocycles. The lowest BCUT2D eigenvalue weighted by atomic mass is 9.92. The van der Waals surface area contributed by atoms with Crippen molar-refractivity contribution < 1.29 is 28.0 Å². The highest BCUT2D eigenvalue weighted by molar-refractivity contribution is 8.07. The van der Waals surface area contributed by atoms with Gasteiger partial charge in [0.05, 0.1) is 4.90 Å². The van der Waals surface area contributed by atoms with Crippen LogP contribution in [0.1, 0.15) is 51.9 Å². The number of hydrogen-bond donors (Lipinski definition) is 2. The molecule has 0 spiro atoms. The molecular formula is C25H35N3O6S2. The SMILES string of the molecule is C=C(CCCC)SC(=C)C(=O)C1CCN(c2ccc(S(=O)(=O)C3(C(=O)NO)CCOCC3)cn2)CC1. The maximum atomic E-state index is 13.4. The molecule has 3 heterocycles. The van der Waals surface area contributed by atoms with Crippen LogP contribution in [-0.4, -0.2) is 61.3 Å². The zero-order chi connectivity index (χ0) is 26.3. The molecule has 36 heavy (non-hydrogen) atoms. The van der Waals surface area contributed by atoms with E-state index in [1.807, 2.05) is 4.90 Å². The van der Waals surface area contributed by atoms with E-state index in [1.54, 1.807) is 6.07 Å². The lowest BCUT2D eigenvalue weighted by molar-refractivity contribution is -0.134. The number of hydroxylamine groups is 1. The number of ketones is 1. The summed E-state index contributed by atoms with van der Waals surface area (Å²) in [6.07, 6.45) is 5.45. The van der Waals surface area contributed by atoms with Gasteiger partial charge < -0.3 is 9.64 Å². The number of ether oxygens (including phenoxy) is 1. The second-order valence-corrected chi connectivity index (χ2v) is 12.7. The number of sulfone groups is 1. The fourth-order valence-electron chi connectivity index (χ4n) is 4.61. The normalized spacial score (nSPS) is 18.4. The summed E-state index contributed by atoms with van der Waals surface area (Å²) >= 11 is 1.38. The van der Waals surface area contributed by atoms with Gasteiger partial charge in [-0.15, -0.1) is 0 Å². The van der Waals surface area contributed by atoms with Crippen LogP contribution in [0.2, 0.25) is 0 Å². The van der Waals surface area contributed by atoms with Crippen molar-refractivity contribution in [1.29, 1.82) is 0 Å². The Balaban J connectivity index is 1.63. The predicted molar refractivity (Wildman–Crippen MR) is 139 cm³/mol. The van der Waals surface area contributed by atoms with Crippen LogP contribution in [0.25, 0.3) is 0 Å². The second kappa shape index (κ2) is 12.4. The number of carbonyl (C=O) groups is 2. The Morgan fingerprint density at radius 1 is 1.25 bits per heavy atom. The third-order valence-electron chi connectivity index (χ3n) is 6.90. The molecule has 1 amide bonds. The van der Waals surface area contributed by atoms with Gasteiger partial charge in [0.1, 0.15) is 5.82 Å². The van der Waals surface area contributed by atoms with Crippen molar-refractivity contribution >= 4 is 39.1 Å². The van der Waals surface area contributed by atoms with Crippen LogP contribution >= 0.6 is 11.8 Å². The molecule has 2 fully saturated rings. The fourth-order valence-corrected chi connectivity index (χ4v) is 7.36. The van der Waals surface area contributed by atoms with Gasteiger partial charge in [-0.3, -0.25) is 14.8 Å². The molecule has 2 aliphatic rings. The number of carbonyl (C=O) groups excluding carboxylic acids is 2. The van der Waals surface area contributed by atoms with Crippen LogP contribution in [0.5, 0.6) is 0 Å². The first-order valence-corrected chi connectivity index (χ1v) is 14.5. The molecule has 198 valence electrons. The molecule has 9 nitrogen and oxygen atoms in total. The van der Waals surface area contributed by atoms with Crippen molar-refractivity contribution in [2.75, 3.05) is 31.2 Å². The van der Waals surface area contributed by atoms with Crippen LogP contribution in [0.15, 0.2) is 46.2 Å². The summed E-state index contributed by atoms with van der Waals surface area (Å²) in [6.45, 7) is 11.5. The van der Waals surface area contributed by atoms with E-state index in [1.165, 1.54) is 29.5 Å². The number of Topliss-reactive ketones (excluding diaryl/α,β-unsaturated/α-hetero) is 1. The quantitative estimate of drug-likeness (QED) is 0.247. The van der Waals surface area contributed by atoms with E-state index in [0.29, 0.717) is 36.7 Å². The van der Waals surface area contributed by atoms with E-state index in [9.17, 15) is 23.2 Å². The largest absolute Gasteiger partial charge is 0.381 e. The van der Waals surface area contributed by atoms with Gasteiger partial charge in [0.15, 0.2) is 20.4 Å². The molecule has 1 aromatic rings. The summed E-state index contributed by atoms with van der Waals surface area (Å²) in [5.74, 6) is -0.398. The Morgan fingerprint density at radius 2 is 1.92 bits per heavy atom. The minimum atomic E-state index is -4.12. The Kier molecular flexibility index (Phi) is 9.73. The van der Waals surface area contributed by atoms with E-state index in [0.717, 1.165) is 24.2 Å². The molecule has 0 radical (unpaired) electrons. The molecule has 2 saturated heterocycles. The van der Waals surface area contributed by atoms with Gasteiger partial charge >= 0.3 is 0 Å². The standard InChI is InChI=1S/C25H35N3O6S2/c1-4-5-6-18(2)35-19(3)23(29)20-9-13-28(14-10-20)22-8-7-21(17-26-22)36(32,33)25(24(30)27-31)11-15-34-16-12-25/h7-8,17,20,31H,2-6,9-16H2,1H3,(H,27,30). The highest BCUT2D eigenvalue weighted by Crippen LogP contribution is 2.36. The first kappa shape index (κ1) is 28.4. The van der Waals surface area contributed by atoms with E-state index in [-0.39, 0.29) is 42.7 Å². The summed E-state index contributed by atoms with van der Waals surface area (Å²) in [5, 5.41) is 9.19. The van der Waals surface area contributed by atoms with Crippen molar-refractivity contribution in [3.8, 4) is 0 Å². The number of amides is 1. The van der Waals surface area contributed by atoms with E-state index < -0.39 is 20.5 Å². The number of aromatic nitrogens is 1. The van der Waals surface area contributed by atoms with Crippen LogP contribution < -0.4 is 10.4 Å². The number of nitrogens with one attached hydrogen (secondary N) is 1. The van der Waals surface area contributed by atoms with E-state index >= 15 is 0 Å². The summed E-state index contributed by atoms with van der Waals surface area (Å²) in [6, 6.07) is 3.06. The number of piperidine rings is 1. The highest BCUT2D eigenvalue weighted by atomic mass is 32.2. The number of pyridine rings is 1. The molecule has 11 heteroatoms. The second-order valence-electron chi connectivity index (χ2n) is 9.20. The first-order chi connectivity index (χ1) is 17.2. The Hall–Kier alpha value is -2.21. The van der Waals surface area contributed by atoms with Gasteiger partial charge in [-0.1, -0.05) is 38.3 Å². The monoisotopic (exact) mass is 537 g/mol. The zero-order valence-electron chi connectivity index (χ0n) is 20.7. The summed E-state index contributed by atoms with van der Waals surface area (Å²) in [7, 11) is -4.12. The molecule has 0 bridgehead atoms. The lowest BCUT2D eigenvalue weighted by Crippen LogP contribution is -2.54. The number of unbranched alkanes of at least 4 members (excludes halogenated alkanes) is 1. The number of rotatable bonds is 11. The maximum absolute atomic E-state index is 13.4. The third kappa shape index (κ3) is 6.01. The average Bonchev–Trinajstić information content (AvgIpc) is 2.91. The molecule has 0 aliphatic carbocycles. The number of nitrogens with zero attached hydrogens (tertiary/aromatic N) is 2. The smallest absolute Gasteiger partial charge is 0.265 e. The van der Waals surface area contributed by atoms with Crippen LogP contribution in [0.3, 0.4) is 0 Å². The van der Waals surface area contributed by atoms with Crippen LogP contribution in [0, 0.1) is 5.92 Å². The van der Waals surface area contributed by atoms with Crippen molar-refractivity contribution in [1.82, 2.24) is 10.5 Å². The van der Waals surface area contributed by atoms with Crippen molar-refractivity contribution in [2.24, 2.45) is 5.92 Å². The number of thioether (sulfide) groups is 1. The van der Waals surface area contributed by atoms with E-state index in [2.05, 4.69) is 25.1 Å². The first-order valence-electron chi connectivity index (χ1n) is 12.2. The van der Waals surface area contributed by atoms with Gasteiger partial charge in [0.25, 0.3) is 5.91 Å². The minimum absolute atomic E-state index is 0.0550. The van der Waals surface area contributed by atoms with Gasteiger partial charge in [-0.05, 0) is 55.6 Å². The number of allylic oxidation sites excluding steroid dienone is 2. The molecular weight excluding hydrogens is 502 g/mol. The summed E-state index contributed by atoms with van der Waals surface area (Å²) in [4.78, 5) is 33.0. The molecule has 0 aromatic carbocycles. The minimum Gasteiger partial charge on any atom is -0.381 e. The van der Waals surface area contributed by atoms with Crippen molar-refractivity contribution in [3.05, 3.63) is 41.3 Å². The average molecular weight is 538 g/mol. The Bertz CT molecular complexity index is 1070. The Morgan fingerprint density at radius 3 is 2.47 bits per heavy atom. The predicted octanol–water partition coefficient (Wildman–Crippen LogP) is 3.65.